The minimum absolute atomic E-state index is 0.0495. The van der Waals surface area contributed by atoms with Crippen molar-refractivity contribution in [3.05, 3.63) is 66.0 Å². The third-order valence-electron chi connectivity index (χ3n) is 3.17. The third kappa shape index (κ3) is 2.72. The van der Waals surface area contributed by atoms with Gasteiger partial charge in [0.15, 0.2) is 5.82 Å². The zero-order valence-electron chi connectivity index (χ0n) is 11.7. The number of nitrogens with zero attached hydrogens (tertiary/aromatic N) is 3. The summed E-state index contributed by atoms with van der Waals surface area (Å²) in [4.78, 5) is 3.68. The molecule has 0 aliphatic rings. The minimum Gasteiger partial charge on any atom is -0.209 e. The summed E-state index contributed by atoms with van der Waals surface area (Å²) in [6.45, 7) is 1.87. The smallest absolute Gasteiger partial charge is 0.209 e. The van der Waals surface area contributed by atoms with Gasteiger partial charge in [0.1, 0.15) is 0 Å². The molecule has 0 aliphatic carbocycles. The van der Waals surface area contributed by atoms with Crippen LogP contribution >= 0.6 is 0 Å². The summed E-state index contributed by atoms with van der Waals surface area (Å²) < 4.78 is 40.5. The van der Waals surface area contributed by atoms with Crippen LogP contribution in [0.3, 0.4) is 0 Å². The molecule has 0 saturated carbocycles. The zero-order valence-corrected chi connectivity index (χ0v) is 11.7. The number of alkyl halides is 3. The van der Waals surface area contributed by atoms with E-state index in [1.807, 2.05) is 6.92 Å². The Morgan fingerprint density at radius 2 is 1.55 bits per heavy atom. The van der Waals surface area contributed by atoms with E-state index in [4.69, 9.17) is 0 Å². The predicted molar refractivity (Wildman–Crippen MR) is 76.5 cm³/mol. The summed E-state index contributed by atoms with van der Waals surface area (Å²) in [5.74, 6) is -0.983. The van der Waals surface area contributed by atoms with Crippen molar-refractivity contribution < 1.29 is 13.2 Å². The fraction of sp³-hybridized carbons (Fsp3) is 0.125. The fourth-order valence-electron chi connectivity index (χ4n) is 2.07. The molecule has 0 atom stereocenters. The van der Waals surface area contributed by atoms with E-state index in [2.05, 4.69) is 10.1 Å². The maximum atomic E-state index is 13.2. The van der Waals surface area contributed by atoms with Gasteiger partial charge in [0.25, 0.3) is 0 Å². The van der Waals surface area contributed by atoms with Crippen molar-refractivity contribution in [2.75, 3.05) is 0 Å². The van der Waals surface area contributed by atoms with Crippen LogP contribution in [-0.2, 0) is 6.18 Å². The van der Waals surface area contributed by atoms with Crippen LogP contribution in [0.2, 0.25) is 0 Å². The maximum absolute atomic E-state index is 13.2. The molecule has 0 aliphatic heterocycles. The number of benzene rings is 2. The van der Waals surface area contributed by atoms with Crippen LogP contribution in [0.5, 0.6) is 0 Å². The van der Waals surface area contributed by atoms with Crippen molar-refractivity contribution in [1.29, 1.82) is 0 Å². The summed E-state index contributed by atoms with van der Waals surface area (Å²) in [7, 11) is 0. The second-order valence-electron chi connectivity index (χ2n) is 4.87. The van der Waals surface area contributed by atoms with Crippen LogP contribution in [0.1, 0.15) is 11.4 Å². The first-order valence-corrected chi connectivity index (χ1v) is 6.62. The molecule has 0 N–H and O–H groups in total. The molecule has 22 heavy (non-hydrogen) atoms. The highest BCUT2D eigenvalue weighted by molar-refractivity contribution is 5.55. The molecule has 1 heterocycles. The van der Waals surface area contributed by atoms with Gasteiger partial charge in [-0.15, -0.1) is 5.10 Å². The van der Waals surface area contributed by atoms with E-state index in [-0.39, 0.29) is 5.82 Å². The topological polar surface area (TPSA) is 30.7 Å². The Labute approximate surface area is 125 Å². The minimum atomic E-state index is -4.58. The van der Waals surface area contributed by atoms with Gasteiger partial charge >= 0.3 is 6.18 Å². The molecule has 2 aromatic carbocycles. The van der Waals surface area contributed by atoms with Gasteiger partial charge in [-0.05, 0) is 19.1 Å². The first kappa shape index (κ1) is 14.3. The summed E-state index contributed by atoms with van der Waals surface area (Å²) in [5.41, 5.74) is 1.83. The van der Waals surface area contributed by atoms with E-state index < -0.39 is 12.0 Å². The van der Waals surface area contributed by atoms with Gasteiger partial charge in [0.05, 0.1) is 5.69 Å². The van der Waals surface area contributed by atoms with Gasteiger partial charge in [-0.25, -0.2) is 9.67 Å². The molecule has 0 radical (unpaired) electrons. The summed E-state index contributed by atoms with van der Waals surface area (Å²) >= 11 is 0. The molecule has 3 rings (SSSR count). The number of aryl methyl sites for hydroxylation is 1. The van der Waals surface area contributed by atoms with Gasteiger partial charge < -0.3 is 0 Å². The number of halogens is 3. The lowest BCUT2D eigenvalue weighted by atomic mass is 10.2. The molecule has 6 heteroatoms. The summed E-state index contributed by atoms with van der Waals surface area (Å²) in [6.07, 6.45) is -4.58. The Hall–Kier alpha value is -2.63. The maximum Gasteiger partial charge on any atom is 0.451 e. The molecule has 3 aromatic rings. The highest BCUT2D eigenvalue weighted by Crippen LogP contribution is 2.31. The van der Waals surface area contributed by atoms with Crippen molar-refractivity contribution in [3.8, 4) is 17.1 Å². The van der Waals surface area contributed by atoms with Crippen molar-refractivity contribution in [2.24, 2.45) is 0 Å². The first-order valence-electron chi connectivity index (χ1n) is 6.62. The summed E-state index contributed by atoms with van der Waals surface area (Å²) in [5, 5.41) is 4.03. The lowest BCUT2D eigenvalue weighted by Crippen LogP contribution is -2.14. The summed E-state index contributed by atoms with van der Waals surface area (Å²) in [6, 6.07) is 15.3. The van der Waals surface area contributed by atoms with Crippen LogP contribution in [0.15, 0.2) is 54.6 Å². The molecule has 0 saturated heterocycles. The highest BCUT2D eigenvalue weighted by atomic mass is 19.4. The van der Waals surface area contributed by atoms with Gasteiger partial charge in [0, 0.05) is 5.56 Å². The van der Waals surface area contributed by atoms with E-state index >= 15 is 0 Å². The largest absolute Gasteiger partial charge is 0.451 e. The highest BCUT2D eigenvalue weighted by Gasteiger charge is 2.38. The Morgan fingerprint density at radius 3 is 2.14 bits per heavy atom. The Morgan fingerprint density at radius 1 is 0.909 bits per heavy atom. The molecule has 0 fully saturated rings. The van der Waals surface area contributed by atoms with Gasteiger partial charge in [-0.2, -0.15) is 13.2 Å². The molecular weight excluding hydrogens is 291 g/mol. The average molecular weight is 303 g/mol. The van der Waals surface area contributed by atoms with Crippen molar-refractivity contribution >= 4 is 0 Å². The van der Waals surface area contributed by atoms with E-state index in [0.717, 1.165) is 10.2 Å². The zero-order chi connectivity index (χ0) is 15.7. The van der Waals surface area contributed by atoms with E-state index in [0.29, 0.717) is 11.3 Å². The number of rotatable bonds is 2. The average Bonchev–Trinajstić information content (AvgIpc) is 2.94. The van der Waals surface area contributed by atoms with E-state index in [1.165, 1.54) is 0 Å². The van der Waals surface area contributed by atoms with Gasteiger partial charge in [-0.3, -0.25) is 0 Å². The van der Waals surface area contributed by atoms with Gasteiger partial charge in [0.2, 0.25) is 5.82 Å². The molecule has 112 valence electrons. The second-order valence-corrected chi connectivity index (χ2v) is 4.87. The lowest BCUT2D eigenvalue weighted by Gasteiger charge is -2.08. The monoisotopic (exact) mass is 303 g/mol. The van der Waals surface area contributed by atoms with Gasteiger partial charge in [-0.1, -0.05) is 48.0 Å². The molecule has 0 amide bonds. The Bertz CT molecular complexity index is 775. The van der Waals surface area contributed by atoms with Crippen LogP contribution in [0.4, 0.5) is 13.2 Å². The molecule has 0 bridgehead atoms. The van der Waals surface area contributed by atoms with Crippen molar-refractivity contribution in [3.63, 3.8) is 0 Å². The number of aromatic nitrogens is 3. The van der Waals surface area contributed by atoms with Crippen LogP contribution in [-0.4, -0.2) is 14.8 Å². The molecule has 0 spiro atoms. The Kier molecular flexibility index (Phi) is 3.44. The molecule has 1 aromatic heterocycles. The normalized spacial score (nSPS) is 11.6. The first-order chi connectivity index (χ1) is 10.4. The van der Waals surface area contributed by atoms with E-state index in [1.54, 1.807) is 54.6 Å². The Balaban J connectivity index is 2.16. The van der Waals surface area contributed by atoms with Crippen molar-refractivity contribution in [1.82, 2.24) is 14.8 Å². The third-order valence-corrected chi connectivity index (χ3v) is 3.17. The number of hydrogen-bond donors (Lipinski definition) is 0. The standard InChI is InChI=1S/C16H12F3N3/c1-11-7-9-13(10-8-11)22-15(16(17,18)19)20-14(21-22)12-5-3-2-4-6-12/h2-10H,1H3. The number of hydrogen-bond acceptors (Lipinski definition) is 2. The van der Waals surface area contributed by atoms with Crippen LogP contribution < -0.4 is 0 Å². The van der Waals surface area contributed by atoms with Crippen LogP contribution in [0.25, 0.3) is 17.1 Å². The predicted octanol–water partition coefficient (Wildman–Crippen LogP) is 4.26. The van der Waals surface area contributed by atoms with E-state index in [9.17, 15) is 13.2 Å². The second kappa shape index (κ2) is 5.29. The van der Waals surface area contributed by atoms with Crippen molar-refractivity contribution in [2.45, 2.75) is 13.1 Å². The quantitative estimate of drug-likeness (QED) is 0.708. The fourth-order valence-corrected chi connectivity index (χ4v) is 2.07. The SMILES string of the molecule is Cc1ccc(-n2nc(-c3ccccc3)nc2C(F)(F)F)cc1. The molecule has 0 unspecified atom stereocenters. The molecule has 3 nitrogen and oxygen atoms in total. The van der Waals surface area contributed by atoms with Crippen LogP contribution in [0, 0.1) is 6.92 Å². The molecular formula is C16H12F3N3. The lowest BCUT2D eigenvalue weighted by molar-refractivity contribution is -0.146.